The molecule has 0 bridgehead atoms. The summed E-state index contributed by atoms with van der Waals surface area (Å²) in [5.41, 5.74) is 5.17. The first-order chi connectivity index (χ1) is 30.0. The Balaban J connectivity index is 0.000000186. The van der Waals surface area contributed by atoms with Crippen LogP contribution in [-0.2, 0) is 20.9 Å². The maximum Gasteiger partial charge on any atom is 0.254 e. The summed E-state index contributed by atoms with van der Waals surface area (Å²) < 4.78 is 5.40. The number of nitrogens with one attached hydrogen (secondary N) is 2. The molecule has 5 aromatic rings. The number of nitrogens with zero attached hydrogens (tertiary/aromatic N) is 3. The van der Waals surface area contributed by atoms with E-state index in [1.807, 2.05) is 112 Å². The first kappa shape index (κ1) is 44.9. The fourth-order valence-corrected chi connectivity index (χ4v) is 10.5. The number of benzene rings is 3. The molecule has 1 saturated heterocycles. The molecule has 3 aromatic carbocycles. The van der Waals surface area contributed by atoms with Crippen molar-refractivity contribution in [2.45, 2.75) is 65.1 Å². The molecule has 3 aliphatic rings. The van der Waals surface area contributed by atoms with Crippen LogP contribution in [0.5, 0.6) is 0 Å². The number of amides is 4. The first-order valence-corrected chi connectivity index (χ1v) is 23.5. The molecule has 2 aromatic heterocycles. The topological polar surface area (TPSA) is 111 Å². The van der Waals surface area contributed by atoms with E-state index in [4.69, 9.17) is 4.74 Å². The van der Waals surface area contributed by atoms with Gasteiger partial charge in [-0.1, -0.05) is 106 Å². The van der Waals surface area contributed by atoms with Crippen molar-refractivity contribution in [1.29, 1.82) is 0 Å². The number of rotatable bonds is 13. The van der Waals surface area contributed by atoms with Crippen molar-refractivity contribution in [2.24, 2.45) is 11.8 Å². The molecule has 5 heterocycles. The lowest BCUT2D eigenvalue weighted by molar-refractivity contribution is -0.125. The Morgan fingerprint density at radius 2 is 1.15 bits per heavy atom. The van der Waals surface area contributed by atoms with Gasteiger partial charge in [0.05, 0.1) is 37.1 Å². The first-order valence-electron chi connectivity index (χ1n) is 21.8. The summed E-state index contributed by atoms with van der Waals surface area (Å²) in [5.74, 6) is -0.305. The standard InChI is InChI=1S/C26H28N2O2S.C24H31N3O3S/c1-17(2)16-28-24(22-9-6-14-31-22)23(20-7-4-5-8-21(20)26(28)30)25(29)27-15-19-12-10-18(3)11-13-19;1-17(2)16-27-22(20-8-5-15-31-20)21(18-6-3-4-7-19(18)24(27)29)23(28)25-9-10-26-11-13-30-14-12-26/h4-14,17,23-24H,15-16H2,1-3H3,(H,27,29);3-8,15,17,21-22H,9-14,16H2,1-2H3,(H,25,28). The molecule has 0 radical (unpaired) electrons. The van der Waals surface area contributed by atoms with E-state index in [0.29, 0.717) is 49.1 Å². The second-order valence-corrected chi connectivity index (χ2v) is 19.2. The largest absolute Gasteiger partial charge is 0.379 e. The zero-order chi connectivity index (χ0) is 43.8. The van der Waals surface area contributed by atoms with Gasteiger partial charge < -0.3 is 25.2 Å². The van der Waals surface area contributed by atoms with Crippen LogP contribution in [0.4, 0.5) is 0 Å². The Bertz CT molecular complexity index is 2270. The molecular weight excluding hydrogens is 815 g/mol. The maximum atomic E-state index is 13.6. The number of ether oxygens (including phenoxy) is 1. The van der Waals surface area contributed by atoms with Crippen molar-refractivity contribution in [3.8, 4) is 0 Å². The van der Waals surface area contributed by atoms with E-state index in [1.54, 1.807) is 22.7 Å². The van der Waals surface area contributed by atoms with Crippen LogP contribution < -0.4 is 10.6 Å². The van der Waals surface area contributed by atoms with Gasteiger partial charge >= 0.3 is 0 Å². The van der Waals surface area contributed by atoms with Crippen LogP contribution in [0.25, 0.3) is 0 Å². The summed E-state index contributed by atoms with van der Waals surface area (Å²) in [5, 5.41) is 10.3. The lowest BCUT2D eigenvalue weighted by Gasteiger charge is -2.42. The zero-order valence-electron chi connectivity index (χ0n) is 36.4. The maximum absolute atomic E-state index is 13.6. The Morgan fingerprint density at radius 1 is 0.661 bits per heavy atom. The Morgan fingerprint density at radius 3 is 1.61 bits per heavy atom. The molecule has 0 saturated carbocycles. The number of thiophene rings is 2. The molecule has 0 aliphatic carbocycles. The van der Waals surface area contributed by atoms with Gasteiger partial charge in [-0.05, 0) is 70.5 Å². The summed E-state index contributed by atoms with van der Waals surface area (Å²) >= 11 is 3.21. The van der Waals surface area contributed by atoms with E-state index in [9.17, 15) is 19.2 Å². The Labute approximate surface area is 374 Å². The van der Waals surface area contributed by atoms with Crippen molar-refractivity contribution in [2.75, 3.05) is 52.5 Å². The number of carbonyl (C=O) groups is 4. The minimum absolute atomic E-state index is 0.00489. The van der Waals surface area contributed by atoms with Crippen molar-refractivity contribution < 1.29 is 23.9 Å². The lowest BCUT2D eigenvalue weighted by Crippen LogP contribution is -2.49. The lowest BCUT2D eigenvalue weighted by atomic mass is 9.81. The third kappa shape index (κ3) is 10.4. The smallest absolute Gasteiger partial charge is 0.254 e. The number of aryl methyl sites for hydroxylation is 1. The van der Waals surface area contributed by atoms with E-state index in [2.05, 4.69) is 55.4 Å². The number of morpholine rings is 1. The fraction of sp³-hybridized carbons (Fsp3) is 0.400. The highest BCUT2D eigenvalue weighted by Crippen LogP contribution is 2.46. The molecule has 10 nitrogen and oxygen atoms in total. The number of hydrogen-bond acceptors (Lipinski definition) is 8. The molecule has 62 heavy (non-hydrogen) atoms. The van der Waals surface area contributed by atoms with Crippen LogP contribution in [0, 0.1) is 18.8 Å². The molecule has 2 N–H and O–H groups in total. The van der Waals surface area contributed by atoms with Crippen molar-refractivity contribution in [3.63, 3.8) is 0 Å². The third-order valence-electron chi connectivity index (χ3n) is 11.7. The number of carbonyl (C=O) groups excluding carboxylic acids is 4. The molecule has 4 atom stereocenters. The quantitative estimate of drug-likeness (QED) is 0.123. The fourth-order valence-electron chi connectivity index (χ4n) is 8.77. The van der Waals surface area contributed by atoms with Crippen LogP contribution in [0.1, 0.15) is 104 Å². The molecule has 1 fully saturated rings. The van der Waals surface area contributed by atoms with Gasteiger partial charge in [-0.15, -0.1) is 22.7 Å². The van der Waals surface area contributed by atoms with Gasteiger partial charge in [-0.25, -0.2) is 0 Å². The molecule has 4 amide bonds. The predicted octanol–water partition coefficient (Wildman–Crippen LogP) is 8.44. The van der Waals surface area contributed by atoms with Gasteiger partial charge in [0.1, 0.15) is 0 Å². The summed E-state index contributed by atoms with van der Waals surface area (Å²) in [4.78, 5) is 62.2. The van der Waals surface area contributed by atoms with Crippen molar-refractivity contribution in [3.05, 3.63) is 151 Å². The average Bonchev–Trinajstić information content (AvgIpc) is 4.02. The molecule has 0 spiro atoms. The second-order valence-electron chi connectivity index (χ2n) is 17.2. The van der Waals surface area contributed by atoms with Gasteiger partial charge in [-0.3, -0.25) is 24.1 Å². The van der Waals surface area contributed by atoms with E-state index < -0.39 is 11.8 Å². The van der Waals surface area contributed by atoms with Crippen molar-refractivity contribution >= 4 is 46.3 Å². The highest BCUT2D eigenvalue weighted by atomic mass is 32.1. The van der Waals surface area contributed by atoms with E-state index in [1.165, 1.54) is 5.56 Å². The summed E-state index contributed by atoms with van der Waals surface area (Å²) in [7, 11) is 0. The summed E-state index contributed by atoms with van der Waals surface area (Å²) in [6.07, 6.45) is 0. The van der Waals surface area contributed by atoms with Crippen LogP contribution >= 0.6 is 22.7 Å². The van der Waals surface area contributed by atoms with Crippen LogP contribution in [0.3, 0.4) is 0 Å². The molecule has 3 aliphatic heterocycles. The Hall–Kier alpha value is -5.14. The monoisotopic (exact) mass is 873 g/mol. The summed E-state index contributed by atoms with van der Waals surface area (Å²) in [6.45, 7) is 16.9. The number of fused-ring (bicyclic) bond motifs is 2. The van der Waals surface area contributed by atoms with E-state index in [0.717, 1.165) is 59.3 Å². The van der Waals surface area contributed by atoms with Crippen molar-refractivity contribution in [1.82, 2.24) is 25.3 Å². The van der Waals surface area contributed by atoms with Crippen LogP contribution in [0.2, 0.25) is 0 Å². The van der Waals surface area contributed by atoms with Crippen LogP contribution in [-0.4, -0.2) is 90.8 Å². The minimum atomic E-state index is -0.447. The molecule has 12 heteroatoms. The molecule has 8 rings (SSSR count). The predicted molar refractivity (Wildman–Crippen MR) is 248 cm³/mol. The third-order valence-corrected chi connectivity index (χ3v) is 13.5. The number of hydrogen-bond donors (Lipinski definition) is 2. The molecule has 326 valence electrons. The Kier molecular flexibility index (Phi) is 15.1. The van der Waals surface area contributed by atoms with Gasteiger partial charge in [0, 0.05) is 66.7 Å². The molecule has 4 unspecified atom stereocenters. The van der Waals surface area contributed by atoms with E-state index >= 15 is 0 Å². The van der Waals surface area contributed by atoms with Gasteiger partial charge in [0.25, 0.3) is 11.8 Å². The van der Waals surface area contributed by atoms with Gasteiger partial charge in [0.2, 0.25) is 11.8 Å². The van der Waals surface area contributed by atoms with Crippen LogP contribution in [0.15, 0.2) is 108 Å². The molecular formula is C50H59N5O5S2. The van der Waals surface area contributed by atoms with E-state index in [-0.39, 0.29) is 35.7 Å². The second kappa shape index (κ2) is 20.8. The zero-order valence-corrected chi connectivity index (χ0v) is 38.1. The van der Waals surface area contributed by atoms with Gasteiger partial charge in [0.15, 0.2) is 0 Å². The minimum Gasteiger partial charge on any atom is -0.379 e. The normalized spacial score (nSPS) is 20.0. The SMILES string of the molecule is CC(C)CN1C(=O)c2ccccc2C(C(=O)NCCN2CCOCC2)C1c1cccs1.Cc1ccc(CNC(=O)C2c3ccccc3C(=O)N(CC(C)C)C2c2cccs2)cc1. The summed E-state index contributed by atoms with van der Waals surface area (Å²) in [6, 6.07) is 30.8. The highest BCUT2D eigenvalue weighted by molar-refractivity contribution is 7.10. The highest BCUT2D eigenvalue weighted by Gasteiger charge is 2.46. The van der Waals surface area contributed by atoms with Gasteiger partial charge in [-0.2, -0.15) is 0 Å². The average molecular weight is 874 g/mol.